The van der Waals surface area contributed by atoms with E-state index in [2.05, 4.69) is 0 Å². The summed E-state index contributed by atoms with van der Waals surface area (Å²) in [6, 6.07) is 8.93. The minimum absolute atomic E-state index is 0.376. The Labute approximate surface area is 98.1 Å². The molecule has 0 aliphatic rings. The van der Waals surface area contributed by atoms with Crippen LogP contribution in [0.1, 0.15) is 20.8 Å². The molecule has 0 aromatic heterocycles. The van der Waals surface area contributed by atoms with Gasteiger partial charge >= 0.3 is 0 Å². The van der Waals surface area contributed by atoms with Crippen LogP contribution in [-0.2, 0) is 11.2 Å². The van der Waals surface area contributed by atoms with Crippen LogP contribution < -0.4 is 0 Å². The maximum Gasteiger partial charge on any atom is 0.251 e. The third-order valence-corrected chi connectivity index (χ3v) is 2.48. The molecule has 0 spiro atoms. The average molecular weight is 222 g/mol. The molecule has 0 saturated heterocycles. The second kappa shape index (κ2) is 6.28. The van der Waals surface area contributed by atoms with Gasteiger partial charge in [0.15, 0.2) is 0 Å². The molecule has 2 unspecified atom stereocenters. The summed E-state index contributed by atoms with van der Waals surface area (Å²) in [7, 11) is 0. The minimum Gasteiger partial charge on any atom is -0.383 e. The van der Waals surface area contributed by atoms with E-state index in [0.29, 0.717) is 18.7 Å². The summed E-state index contributed by atoms with van der Waals surface area (Å²) in [5.41, 5.74) is 0.653. The Balaban J connectivity index is 2.76. The number of hydrogen-bond donors (Lipinski definition) is 1. The first kappa shape index (κ1) is 11.1. The van der Waals surface area contributed by atoms with Gasteiger partial charge in [-0.15, -0.1) is 0 Å². The number of benzene rings is 1. The average Bonchev–Trinajstić information content (AvgIpc) is 2.39. The third kappa shape index (κ3) is 3.35. The SMILES string of the molecule is [2H]C(c1ccccc1)C(O)C(=O)N(CC)CC. The number of amides is 1. The number of aliphatic hydroxyl groups is 1. The highest BCUT2D eigenvalue weighted by molar-refractivity contribution is 5.80. The summed E-state index contributed by atoms with van der Waals surface area (Å²) in [4.78, 5) is 13.4. The quantitative estimate of drug-likeness (QED) is 0.819. The lowest BCUT2D eigenvalue weighted by molar-refractivity contribution is -0.139. The first-order valence-corrected chi connectivity index (χ1v) is 5.55. The highest BCUT2D eigenvalue weighted by Crippen LogP contribution is 2.05. The summed E-state index contributed by atoms with van der Waals surface area (Å²) in [6.07, 6.45) is -2.22. The van der Waals surface area contributed by atoms with Crippen molar-refractivity contribution in [1.82, 2.24) is 4.90 Å². The highest BCUT2D eigenvalue weighted by atomic mass is 16.3. The molecule has 16 heavy (non-hydrogen) atoms. The Morgan fingerprint density at radius 3 is 2.44 bits per heavy atom. The fraction of sp³-hybridized carbons (Fsp3) is 0.462. The van der Waals surface area contributed by atoms with Crippen molar-refractivity contribution in [3.8, 4) is 0 Å². The van der Waals surface area contributed by atoms with E-state index in [4.69, 9.17) is 1.37 Å². The van der Waals surface area contributed by atoms with Gasteiger partial charge in [-0.3, -0.25) is 4.79 Å². The molecule has 0 aliphatic carbocycles. The Bertz CT molecular complexity index is 352. The zero-order valence-corrected chi connectivity index (χ0v) is 9.76. The van der Waals surface area contributed by atoms with E-state index in [1.165, 1.54) is 4.90 Å². The van der Waals surface area contributed by atoms with Crippen LogP contribution in [0.3, 0.4) is 0 Å². The third-order valence-electron chi connectivity index (χ3n) is 2.48. The maximum absolute atomic E-state index is 11.9. The lowest BCUT2D eigenvalue weighted by atomic mass is 10.1. The monoisotopic (exact) mass is 222 g/mol. The molecule has 3 nitrogen and oxygen atoms in total. The number of aliphatic hydroxyl groups excluding tert-OH is 1. The van der Waals surface area contributed by atoms with Gasteiger partial charge in [0.25, 0.3) is 5.91 Å². The van der Waals surface area contributed by atoms with Gasteiger partial charge in [-0.2, -0.15) is 0 Å². The van der Waals surface area contributed by atoms with Gasteiger partial charge < -0.3 is 10.0 Å². The topological polar surface area (TPSA) is 40.5 Å². The van der Waals surface area contributed by atoms with E-state index in [9.17, 15) is 9.90 Å². The van der Waals surface area contributed by atoms with E-state index in [1.807, 2.05) is 19.9 Å². The van der Waals surface area contributed by atoms with E-state index < -0.39 is 12.5 Å². The standard InChI is InChI=1S/C13H19NO2/c1-3-14(4-2)13(16)12(15)10-11-8-6-5-7-9-11/h5-9,12,15H,3-4,10H2,1-2H3/i10D. The lowest BCUT2D eigenvalue weighted by Crippen LogP contribution is -2.39. The van der Waals surface area contributed by atoms with E-state index in [0.717, 1.165) is 0 Å². The fourth-order valence-electron chi connectivity index (χ4n) is 1.54. The predicted molar refractivity (Wildman–Crippen MR) is 64.1 cm³/mol. The van der Waals surface area contributed by atoms with E-state index >= 15 is 0 Å². The van der Waals surface area contributed by atoms with Crippen LogP contribution in [0.4, 0.5) is 0 Å². The van der Waals surface area contributed by atoms with Crippen molar-refractivity contribution in [2.24, 2.45) is 0 Å². The van der Waals surface area contributed by atoms with Crippen molar-refractivity contribution < 1.29 is 11.3 Å². The van der Waals surface area contributed by atoms with Crippen LogP contribution in [0.25, 0.3) is 0 Å². The number of nitrogens with zero attached hydrogens (tertiary/aromatic N) is 1. The van der Waals surface area contributed by atoms with Crippen LogP contribution in [0.2, 0.25) is 0 Å². The van der Waals surface area contributed by atoms with Crippen molar-refractivity contribution in [2.75, 3.05) is 13.1 Å². The van der Waals surface area contributed by atoms with Gasteiger partial charge in [-0.1, -0.05) is 30.3 Å². The van der Waals surface area contributed by atoms with Crippen molar-refractivity contribution in [2.45, 2.75) is 26.3 Å². The molecule has 2 atom stereocenters. The summed E-state index contributed by atoms with van der Waals surface area (Å²) in [5.74, 6) is -0.376. The van der Waals surface area contributed by atoms with Crippen LogP contribution >= 0.6 is 0 Å². The predicted octanol–water partition coefficient (Wildman–Crippen LogP) is 1.46. The van der Waals surface area contributed by atoms with Crippen LogP contribution in [-0.4, -0.2) is 35.1 Å². The zero-order valence-electron chi connectivity index (χ0n) is 10.8. The summed E-state index contributed by atoms with van der Waals surface area (Å²) in [5, 5.41) is 9.89. The molecule has 0 bridgehead atoms. The minimum atomic E-state index is -1.29. The van der Waals surface area contributed by atoms with Crippen molar-refractivity contribution in [3.63, 3.8) is 0 Å². The maximum atomic E-state index is 11.9. The Morgan fingerprint density at radius 1 is 1.38 bits per heavy atom. The molecular formula is C13H19NO2. The number of rotatable bonds is 5. The van der Waals surface area contributed by atoms with E-state index in [1.54, 1.807) is 24.3 Å². The zero-order chi connectivity index (χ0) is 12.8. The summed E-state index contributed by atoms with van der Waals surface area (Å²) in [6.45, 7) is 4.81. The molecule has 0 saturated carbocycles. The molecule has 1 amide bonds. The highest BCUT2D eigenvalue weighted by Gasteiger charge is 2.19. The number of carbonyl (C=O) groups excluding carboxylic acids is 1. The number of hydrogen-bond acceptors (Lipinski definition) is 2. The fourth-order valence-corrected chi connectivity index (χ4v) is 1.54. The van der Waals surface area contributed by atoms with Crippen LogP contribution in [0.15, 0.2) is 30.3 Å². The van der Waals surface area contributed by atoms with Gasteiger partial charge in [0, 0.05) is 20.9 Å². The number of likely N-dealkylation sites (N-methyl/N-ethyl adjacent to an activating group) is 1. The molecule has 88 valence electrons. The van der Waals surface area contributed by atoms with Crippen molar-refractivity contribution in [3.05, 3.63) is 35.9 Å². The molecule has 1 rings (SSSR count). The molecular weight excluding hydrogens is 202 g/mol. The smallest absolute Gasteiger partial charge is 0.251 e. The van der Waals surface area contributed by atoms with Gasteiger partial charge in [-0.25, -0.2) is 0 Å². The van der Waals surface area contributed by atoms with Crippen molar-refractivity contribution in [1.29, 1.82) is 0 Å². The number of carbonyl (C=O) groups is 1. The molecule has 1 aromatic rings. The first-order chi connectivity index (χ1) is 8.11. The van der Waals surface area contributed by atoms with Gasteiger partial charge in [0.1, 0.15) is 6.10 Å². The molecule has 3 heteroatoms. The second-order valence-electron chi connectivity index (χ2n) is 3.53. The van der Waals surface area contributed by atoms with E-state index in [-0.39, 0.29) is 5.91 Å². The summed E-state index contributed by atoms with van der Waals surface area (Å²) >= 11 is 0. The van der Waals surface area contributed by atoms with Crippen LogP contribution in [0.5, 0.6) is 0 Å². The molecule has 1 aromatic carbocycles. The normalized spacial score (nSPS) is 15.1. The molecule has 0 fully saturated rings. The Kier molecular flexibility index (Phi) is 4.37. The van der Waals surface area contributed by atoms with Crippen molar-refractivity contribution >= 4 is 5.91 Å². The van der Waals surface area contributed by atoms with Gasteiger partial charge in [0.2, 0.25) is 0 Å². The van der Waals surface area contributed by atoms with Gasteiger partial charge in [-0.05, 0) is 19.4 Å². The van der Waals surface area contributed by atoms with Crippen LogP contribution in [0, 0.1) is 0 Å². The molecule has 0 aliphatic heterocycles. The van der Waals surface area contributed by atoms with Gasteiger partial charge in [0.05, 0.1) is 0 Å². The second-order valence-corrected chi connectivity index (χ2v) is 3.53. The lowest BCUT2D eigenvalue weighted by Gasteiger charge is -2.22. The molecule has 0 radical (unpaired) electrons. The molecule has 1 N–H and O–H groups in total. The largest absolute Gasteiger partial charge is 0.383 e. The molecule has 0 heterocycles. The Morgan fingerprint density at radius 2 is 1.94 bits per heavy atom. The summed E-state index contributed by atoms with van der Waals surface area (Å²) < 4.78 is 7.90. The Hall–Kier alpha value is -1.35. The first-order valence-electron chi connectivity index (χ1n) is 6.13.